The van der Waals surface area contributed by atoms with Crippen molar-refractivity contribution in [3.8, 4) is 0 Å². The van der Waals surface area contributed by atoms with Crippen LogP contribution in [0.25, 0.3) is 0 Å². The van der Waals surface area contributed by atoms with Gasteiger partial charge in [0.1, 0.15) is 6.10 Å². The molecule has 40 heavy (non-hydrogen) atoms. The third kappa shape index (κ3) is 4.01. The van der Waals surface area contributed by atoms with Crippen molar-refractivity contribution >= 4 is 17.7 Å². The Labute approximate surface area is 241 Å². The smallest absolute Gasteiger partial charge is 0.302 e. The highest BCUT2D eigenvalue weighted by atomic mass is 16.6. The standard InChI is InChI=1S/C34H53NO5/c1-10-39-35-28(38)31(6)16-15-30(5)17-18-33(8)22(23(30)20-31)19-24(37)27-32(7)13-12-26(40-21(2)36)29(3,4)25(32)11-14-34(27,33)9/h19,23,25-27H,10-18,20H2,1-9H3,(H,35,38)/t23-,25?,26-,27+,30+,31-,32-,33+,34+/m0/s1. The zero-order chi connectivity index (χ0) is 29.5. The van der Waals surface area contributed by atoms with Crippen molar-refractivity contribution in [1.29, 1.82) is 0 Å². The summed E-state index contributed by atoms with van der Waals surface area (Å²) < 4.78 is 5.85. The van der Waals surface area contributed by atoms with Crippen LogP contribution >= 0.6 is 0 Å². The Morgan fingerprint density at radius 1 is 0.950 bits per heavy atom. The maximum atomic E-state index is 14.5. The summed E-state index contributed by atoms with van der Waals surface area (Å²) in [5.74, 6) is 0.518. The summed E-state index contributed by atoms with van der Waals surface area (Å²) in [5, 5.41) is 0. The Morgan fingerprint density at radius 3 is 2.27 bits per heavy atom. The van der Waals surface area contributed by atoms with Crippen molar-refractivity contribution in [3.05, 3.63) is 11.6 Å². The molecule has 4 saturated carbocycles. The zero-order valence-electron chi connectivity index (χ0n) is 26.5. The van der Waals surface area contributed by atoms with Crippen molar-refractivity contribution in [2.45, 2.75) is 126 Å². The minimum atomic E-state index is -0.512. The zero-order valence-corrected chi connectivity index (χ0v) is 26.5. The molecule has 0 radical (unpaired) electrons. The predicted octanol–water partition coefficient (Wildman–Crippen LogP) is 6.97. The fourth-order valence-electron chi connectivity index (χ4n) is 11.0. The molecule has 6 nitrogen and oxygen atoms in total. The van der Waals surface area contributed by atoms with Gasteiger partial charge in [-0.3, -0.25) is 19.2 Å². The number of fused-ring (bicyclic) bond motifs is 7. The van der Waals surface area contributed by atoms with E-state index in [9.17, 15) is 14.4 Å². The van der Waals surface area contributed by atoms with E-state index >= 15 is 0 Å². The molecule has 0 heterocycles. The molecule has 224 valence electrons. The molecule has 5 aliphatic rings. The lowest BCUT2D eigenvalue weighted by atomic mass is 9.33. The third-order valence-corrected chi connectivity index (χ3v) is 13.7. The first-order chi connectivity index (χ1) is 18.5. The van der Waals surface area contributed by atoms with Crippen molar-refractivity contribution in [2.24, 2.45) is 50.2 Å². The number of hydrogen-bond acceptors (Lipinski definition) is 5. The van der Waals surface area contributed by atoms with Crippen molar-refractivity contribution in [3.63, 3.8) is 0 Å². The summed E-state index contributed by atoms with van der Waals surface area (Å²) >= 11 is 0. The number of ether oxygens (including phenoxy) is 1. The van der Waals surface area contributed by atoms with Gasteiger partial charge in [-0.1, -0.05) is 54.0 Å². The molecule has 4 fully saturated rings. The second-order valence-corrected chi connectivity index (χ2v) is 16.1. The van der Waals surface area contributed by atoms with Crippen LogP contribution in [0.4, 0.5) is 0 Å². The van der Waals surface area contributed by atoms with Gasteiger partial charge in [-0.25, -0.2) is 5.48 Å². The van der Waals surface area contributed by atoms with Crippen LogP contribution in [-0.2, 0) is 24.0 Å². The summed E-state index contributed by atoms with van der Waals surface area (Å²) in [6.07, 6.45) is 10.5. The van der Waals surface area contributed by atoms with E-state index in [2.05, 4.69) is 60.0 Å². The summed E-state index contributed by atoms with van der Waals surface area (Å²) in [6, 6.07) is 0. The van der Waals surface area contributed by atoms with Crippen LogP contribution < -0.4 is 5.48 Å². The predicted molar refractivity (Wildman–Crippen MR) is 155 cm³/mol. The molecule has 0 spiro atoms. The molecule has 1 N–H and O–H groups in total. The molecule has 0 aromatic rings. The van der Waals surface area contributed by atoms with Gasteiger partial charge in [0.25, 0.3) is 0 Å². The van der Waals surface area contributed by atoms with Crippen LogP contribution in [-0.4, -0.2) is 30.4 Å². The van der Waals surface area contributed by atoms with Gasteiger partial charge in [-0.05, 0) is 104 Å². The maximum Gasteiger partial charge on any atom is 0.302 e. The van der Waals surface area contributed by atoms with E-state index in [1.54, 1.807) is 0 Å². The number of nitrogens with one attached hydrogen (secondary N) is 1. The van der Waals surface area contributed by atoms with Gasteiger partial charge in [0.05, 0.1) is 6.61 Å². The average molecular weight is 556 g/mol. The summed E-state index contributed by atoms with van der Waals surface area (Å²) in [6.45, 7) is 20.0. The number of carbonyl (C=O) groups excluding carboxylic acids is 3. The van der Waals surface area contributed by atoms with Gasteiger partial charge in [0.2, 0.25) is 5.91 Å². The van der Waals surface area contributed by atoms with Gasteiger partial charge < -0.3 is 4.74 Å². The molecule has 6 heteroatoms. The van der Waals surface area contributed by atoms with Crippen LogP contribution in [0.5, 0.6) is 0 Å². The van der Waals surface area contributed by atoms with Gasteiger partial charge in [0, 0.05) is 23.7 Å². The molecule has 0 aliphatic heterocycles. The van der Waals surface area contributed by atoms with E-state index in [-0.39, 0.29) is 56.9 Å². The third-order valence-electron chi connectivity index (χ3n) is 13.7. The molecule has 0 saturated heterocycles. The van der Waals surface area contributed by atoms with Gasteiger partial charge in [0.15, 0.2) is 5.78 Å². The average Bonchev–Trinajstić information content (AvgIpc) is 2.86. The number of allylic oxidation sites excluding steroid dienone is 2. The normalized spacial score (nSPS) is 47.5. The van der Waals surface area contributed by atoms with E-state index in [1.165, 1.54) is 12.5 Å². The van der Waals surface area contributed by atoms with Crippen molar-refractivity contribution in [1.82, 2.24) is 5.48 Å². The fraction of sp³-hybridized carbons (Fsp3) is 0.853. The number of hydrogen-bond donors (Lipinski definition) is 1. The maximum absolute atomic E-state index is 14.5. The molecule has 5 aliphatic carbocycles. The van der Waals surface area contributed by atoms with Crippen LogP contribution in [0.15, 0.2) is 11.6 Å². The fourth-order valence-corrected chi connectivity index (χ4v) is 11.0. The minimum Gasteiger partial charge on any atom is -0.462 e. The first kappa shape index (κ1) is 29.8. The second-order valence-electron chi connectivity index (χ2n) is 16.1. The molecular formula is C34H53NO5. The highest BCUT2D eigenvalue weighted by Crippen LogP contribution is 2.75. The lowest BCUT2D eigenvalue weighted by molar-refractivity contribution is -0.210. The Kier molecular flexibility index (Phi) is 7.01. The molecule has 0 aromatic carbocycles. The summed E-state index contributed by atoms with van der Waals surface area (Å²) in [4.78, 5) is 45.0. The Hall–Kier alpha value is -1.69. The highest BCUT2D eigenvalue weighted by molar-refractivity contribution is 5.95. The number of ketones is 1. The van der Waals surface area contributed by atoms with Crippen molar-refractivity contribution in [2.75, 3.05) is 6.61 Å². The first-order valence-electron chi connectivity index (χ1n) is 15.8. The Bertz CT molecular complexity index is 1130. The van der Waals surface area contributed by atoms with E-state index in [0.29, 0.717) is 18.3 Å². The van der Waals surface area contributed by atoms with Crippen LogP contribution in [0.3, 0.4) is 0 Å². The molecule has 0 bridgehead atoms. The number of esters is 1. The van der Waals surface area contributed by atoms with E-state index in [1.807, 2.05) is 6.92 Å². The van der Waals surface area contributed by atoms with Crippen LogP contribution in [0.1, 0.15) is 120 Å². The van der Waals surface area contributed by atoms with Crippen LogP contribution in [0, 0.1) is 50.2 Å². The molecule has 9 atom stereocenters. The van der Waals surface area contributed by atoms with Crippen LogP contribution in [0.2, 0.25) is 0 Å². The van der Waals surface area contributed by atoms with E-state index in [4.69, 9.17) is 9.57 Å². The van der Waals surface area contributed by atoms with E-state index < -0.39 is 5.41 Å². The quantitative estimate of drug-likeness (QED) is 0.299. The number of hydroxylamine groups is 1. The summed E-state index contributed by atoms with van der Waals surface area (Å²) in [7, 11) is 0. The second kappa shape index (κ2) is 9.41. The Morgan fingerprint density at radius 2 is 1.62 bits per heavy atom. The molecule has 5 rings (SSSR count). The molecular weight excluding hydrogens is 502 g/mol. The monoisotopic (exact) mass is 555 g/mol. The topological polar surface area (TPSA) is 81.7 Å². The molecule has 0 aromatic heterocycles. The SMILES string of the molecule is CCONC(=O)[C@@]1(C)CC[C@]2(C)CC[C@]3(C)C(=CC(=O)[C@@H]4[C@@]5(C)CC[C@H](OC(C)=O)C(C)(C)C5CC[C@]43C)[C@@H]2C1. The van der Waals surface area contributed by atoms with Crippen molar-refractivity contribution < 1.29 is 24.0 Å². The number of amides is 1. The van der Waals surface area contributed by atoms with Gasteiger partial charge >= 0.3 is 5.97 Å². The molecule has 1 amide bonds. The first-order valence-corrected chi connectivity index (χ1v) is 15.8. The highest BCUT2D eigenvalue weighted by Gasteiger charge is 2.70. The number of rotatable bonds is 4. The lowest BCUT2D eigenvalue weighted by Gasteiger charge is -2.70. The van der Waals surface area contributed by atoms with Gasteiger partial charge in [-0.15, -0.1) is 0 Å². The molecule has 1 unspecified atom stereocenters. The van der Waals surface area contributed by atoms with Gasteiger partial charge in [-0.2, -0.15) is 0 Å². The Balaban J connectivity index is 1.54. The minimum absolute atomic E-state index is 0.0321. The van der Waals surface area contributed by atoms with E-state index in [0.717, 1.165) is 57.8 Å². The largest absolute Gasteiger partial charge is 0.462 e. The number of carbonyl (C=O) groups is 3. The lowest BCUT2D eigenvalue weighted by Crippen LogP contribution is -2.66. The summed E-state index contributed by atoms with van der Waals surface area (Å²) in [5.41, 5.74) is 3.04.